The summed E-state index contributed by atoms with van der Waals surface area (Å²) in [5.41, 5.74) is 1.23. The number of likely N-dealkylation sites (N-methyl/N-ethyl adjacent to an activating group) is 1. The molecule has 72 heavy (non-hydrogen) atoms. The minimum Gasteiger partial charge on any atom is -0.487 e. The molecule has 0 spiro atoms. The number of carbonyl (C=O) groups excluding carboxylic acids is 2. The Morgan fingerprint density at radius 3 is 2.06 bits per heavy atom. The monoisotopic (exact) mass is 1060 g/mol. The molecule has 3 saturated heterocycles. The Bertz CT molecular complexity index is 2630. The molecule has 12 nitrogen and oxygen atoms in total. The summed E-state index contributed by atoms with van der Waals surface area (Å²) in [6.07, 6.45) is 4.40. The topological polar surface area (TPSA) is 141 Å². The van der Waals surface area contributed by atoms with Crippen molar-refractivity contribution in [3.8, 4) is 5.75 Å². The van der Waals surface area contributed by atoms with E-state index in [1.807, 2.05) is 77.5 Å². The van der Waals surface area contributed by atoms with E-state index in [4.69, 9.17) is 23.1 Å². The van der Waals surface area contributed by atoms with Gasteiger partial charge in [-0.2, -0.15) is 0 Å². The van der Waals surface area contributed by atoms with Crippen LogP contribution in [-0.4, -0.2) is 102 Å². The Kier molecular flexibility index (Phi) is 16.4. The first kappa shape index (κ1) is 54.3. The van der Waals surface area contributed by atoms with E-state index in [0.717, 1.165) is 63.1 Å². The number of nitrogens with one attached hydrogen (secondary N) is 3. The third-order valence-electron chi connectivity index (χ3n) is 16.6. The molecular formula is C56H79N4O8S2Si2+. The molecule has 0 saturated carbocycles. The van der Waals surface area contributed by atoms with Gasteiger partial charge >= 0.3 is 5.97 Å². The Balaban J connectivity index is 0.818. The van der Waals surface area contributed by atoms with Gasteiger partial charge in [-0.05, 0) is 102 Å². The summed E-state index contributed by atoms with van der Waals surface area (Å²) < 4.78 is 34.2. The number of fused-ring (bicyclic) bond motifs is 6. The molecule has 5 atom stereocenters. The number of aromatic nitrogens is 1. The smallest absolute Gasteiger partial charge is 0.348 e. The molecule has 390 valence electrons. The number of benzene rings is 2. The van der Waals surface area contributed by atoms with E-state index in [0.29, 0.717) is 50.2 Å². The summed E-state index contributed by atoms with van der Waals surface area (Å²) in [5.74, 6) is 0.373. The van der Waals surface area contributed by atoms with E-state index in [9.17, 15) is 14.4 Å². The zero-order chi connectivity index (χ0) is 51.7. The van der Waals surface area contributed by atoms with Gasteiger partial charge in [0.05, 0.1) is 41.4 Å². The second-order valence-electron chi connectivity index (χ2n) is 23.5. The molecule has 0 aliphatic carbocycles. The van der Waals surface area contributed by atoms with E-state index in [-0.39, 0.29) is 64.0 Å². The largest absolute Gasteiger partial charge is 0.487 e. The molecule has 3 aromatic heterocycles. The van der Waals surface area contributed by atoms with Crippen LogP contribution in [0.4, 0.5) is 0 Å². The Labute approximate surface area is 437 Å². The zero-order valence-electron chi connectivity index (χ0n) is 44.4. The molecule has 8 rings (SSSR count). The van der Waals surface area contributed by atoms with Gasteiger partial charge in [-0.15, -0.1) is 22.7 Å². The van der Waals surface area contributed by atoms with Crippen LogP contribution in [0.2, 0.25) is 36.3 Å². The standard InChI is InChI=1S/C56H78N4O8S2Si2/c1-54(2,3)71(8,9)67-45(40-24-26-44(50-41(40)25-27-49(62)59-50)64-37-38-20-14-12-15-21-38)36-57-29-16-13-17-30-58-48(61)28-31-60(7)42-34-39(35-43(60)52-51(42)66-52)65-53(63)56(46-22-18-32-69-46,47-23-19-33-70-47)68-72(10,11)55(4,5)6/h12,14-15,18-27,32-33,39,42-43,45,51-52,57H,13,16-17,28-31,34-37H2,1-11H3,(H-,58,59,61,62)/p+1/t39?,42?,43?,45-,51?,52?,60?/m0/s1. The van der Waals surface area contributed by atoms with Crippen molar-refractivity contribution in [2.45, 2.75) is 165 Å². The minimum atomic E-state index is -2.47. The highest BCUT2D eigenvalue weighted by molar-refractivity contribution is 7.12. The number of thiophene rings is 2. The molecular weight excluding hydrogens is 977 g/mol. The number of H-pyrrole nitrogens is 1. The zero-order valence-corrected chi connectivity index (χ0v) is 48.1. The van der Waals surface area contributed by atoms with Gasteiger partial charge in [0.1, 0.15) is 42.8 Å². The van der Waals surface area contributed by atoms with Crippen LogP contribution in [0.5, 0.6) is 5.75 Å². The van der Waals surface area contributed by atoms with Crippen molar-refractivity contribution >= 4 is 62.1 Å². The van der Waals surface area contributed by atoms with E-state index in [2.05, 4.69) is 96.5 Å². The molecule has 2 aromatic carbocycles. The molecule has 1 amide bonds. The summed E-state index contributed by atoms with van der Waals surface area (Å²) in [5, 5.41) is 11.7. The maximum atomic E-state index is 14.9. The van der Waals surface area contributed by atoms with E-state index < -0.39 is 22.2 Å². The molecule has 5 aromatic rings. The third kappa shape index (κ3) is 11.6. The summed E-state index contributed by atoms with van der Waals surface area (Å²) in [6.45, 7) is 25.5. The Hall–Kier alpha value is -3.98. The lowest BCUT2D eigenvalue weighted by molar-refractivity contribution is -0.955. The van der Waals surface area contributed by atoms with Crippen molar-refractivity contribution in [1.82, 2.24) is 15.6 Å². The van der Waals surface area contributed by atoms with Crippen LogP contribution in [0.25, 0.3) is 10.9 Å². The lowest BCUT2D eigenvalue weighted by atomic mass is 9.94. The highest BCUT2D eigenvalue weighted by Crippen LogP contribution is 2.54. The number of unbranched alkanes of at least 4 members (excludes halogenated alkanes) is 2. The summed E-state index contributed by atoms with van der Waals surface area (Å²) in [4.78, 5) is 45.6. The number of rotatable bonds is 23. The van der Waals surface area contributed by atoms with Gasteiger partial charge < -0.3 is 43.2 Å². The van der Waals surface area contributed by atoms with Gasteiger partial charge in [-0.3, -0.25) is 9.59 Å². The molecule has 4 unspecified atom stereocenters. The number of hydrogen-bond donors (Lipinski definition) is 3. The number of esters is 1. The maximum absolute atomic E-state index is 14.9. The molecule has 3 aliphatic rings. The number of aromatic amines is 1. The number of epoxide rings is 1. The molecule has 3 N–H and O–H groups in total. The second-order valence-corrected chi connectivity index (χ2v) is 34.9. The first-order valence-electron chi connectivity index (χ1n) is 26.0. The predicted molar refractivity (Wildman–Crippen MR) is 295 cm³/mol. The van der Waals surface area contributed by atoms with Crippen LogP contribution in [-0.2, 0) is 40.1 Å². The summed E-state index contributed by atoms with van der Waals surface area (Å²) in [7, 11) is -2.41. The van der Waals surface area contributed by atoms with Crippen molar-refractivity contribution in [1.29, 1.82) is 0 Å². The molecule has 16 heteroatoms. The highest BCUT2D eigenvalue weighted by Gasteiger charge is 2.72. The predicted octanol–water partition coefficient (Wildman–Crippen LogP) is 11.2. The fourth-order valence-electron chi connectivity index (χ4n) is 10.3. The number of piperidine rings is 1. The fraction of sp³-hybridized carbons (Fsp3) is 0.554. The Morgan fingerprint density at radius 1 is 0.806 bits per heavy atom. The third-order valence-corrected chi connectivity index (χ3v) is 27.4. The van der Waals surface area contributed by atoms with Crippen molar-refractivity contribution < 1.29 is 37.1 Å². The normalized spacial score (nSPS) is 22.6. The number of amides is 1. The van der Waals surface area contributed by atoms with Gasteiger partial charge in [-0.25, -0.2) is 4.79 Å². The summed E-state index contributed by atoms with van der Waals surface area (Å²) >= 11 is 3.08. The van der Waals surface area contributed by atoms with Crippen LogP contribution in [0.3, 0.4) is 0 Å². The van der Waals surface area contributed by atoms with Gasteiger partial charge in [0, 0.05) is 37.4 Å². The van der Waals surface area contributed by atoms with Crippen molar-refractivity contribution in [3.63, 3.8) is 0 Å². The van der Waals surface area contributed by atoms with E-state index in [1.165, 1.54) is 22.7 Å². The first-order valence-corrected chi connectivity index (χ1v) is 33.6. The van der Waals surface area contributed by atoms with Crippen LogP contribution >= 0.6 is 22.7 Å². The van der Waals surface area contributed by atoms with Gasteiger partial charge in [0.25, 0.3) is 0 Å². The fourth-order valence-corrected chi connectivity index (χ4v) is 14.8. The van der Waals surface area contributed by atoms with E-state index in [1.54, 1.807) is 6.07 Å². The SMILES string of the molecule is CC(C)(C)[Si](C)(C)O[C@@H](CNCCCCCNC(=O)CC[N+]1(C)C2CC(OC(=O)C(O[Si](C)(C)C(C)(C)C)(c3cccs3)c3cccs3)CC1C1OC12)c1ccc(OCc2ccccc2)c2[nH]c(=O)ccc12. The second kappa shape index (κ2) is 21.7. The quantitative estimate of drug-likeness (QED) is 0.0192. The molecule has 6 heterocycles. The van der Waals surface area contributed by atoms with E-state index >= 15 is 0 Å². The average Bonchev–Trinajstić information content (AvgIpc) is 3.57. The first-order chi connectivity index (χ1) is 34.0. The average molecular weight is 1060 g/mol. The van der Waals surface area contributed by atoms with Crippen molar-refractivity contribution in [2.24, 2.45) is 0 Å². The van der Waals surface area contributed by atoms with Crippen LogP contribution < -0.4 is 20.9 Å². The number of carbonyl (C=O) groups is 2. The molecule has 0 radical (unpaired) electrons. The molecule has 3 fully saturated rings. The summed E-state index contributed by atoms with van der Waals surface area (Å²) in [6, 6.07) is 25.8. The molecule has 3 aliphatic heterocycles. The van der Waals surface area contributed by atoms with Gasteiger partial charge in [0.2, 0.25) is 17.1 Å². The van der Waals surface area contributed by atoms with Crippen molar-refractivity contribution in [3.05, 3.63) is 121 Å². The number of ether oxygens (including phenoxy) is 3. The lowest BCUT2D eigenvalue weighted by Crippen LogP contribution is -2.63. The number of nitrogens with zero attached hydrogens (tertiary/aromatic N) is 1. The lowest BCUT2D eigenvalue weighted by Gasteiger charge is -2.49. The maximum Gasteiger partial charge on any atom is 0.348 e. The van der Waals surface area contributed by atoms with Crippen LogP contribution in [0, 0.1) is 0 Å². The van der Waals surface area contributed by atoms with Crippen LogP contribution in [0.15, 0.2) is 94.4 Å². The minimum absolute atomic E-state index is 0.00369. The number of hydrogen-bond acceptors (Lipinski definition) is 11. The van der Waals surface area contributed by atoms with Crippen molar-refractivity contribution in [2.75, 3.05) is 33.2 Å². The van der Waals surface area contributed by atoms with Gasteiger partial charge in [-0.1, -0.05) is 96.5 Å². The highest BCUT2D eigenvalue weighted by atomic mass is 32.1. The molecule has 2 bridgehead atoms. The number of quaternary nitrogens is 1. The number of morpholine rings is 1. The number of pyridine rings is 1. The Morgan fingerprint density at radius 2 is 1.44 bits per heavy atom. The van der Waals surface area contributed by atoms with Crippen LogP contribution in [0.1, 0.15) is 107 Å². The van der Waals surface area contributed by atoms with Gasteiger partial charge in [0.15, 0.2) is 16.6 Å².